The predicted octanol–water partition coefficient (Wildman–Crippen LogP) is 15.0. The largest absolute Gasteiger partial charge is 0.264 e. The summed E-state index contributed by atoms with van der Waals surface area (Å²) in [5.74, 6) is 0.680. The molecule has 0 spiro atoms. The minimum atomic E-state index is -0.0513. The summed E-state index contributed by atoms with van der Waals surface area (Å²) in [4.78, 5) is 14.9. The summed E-state index contributed by atoms with van der Waals surface area (Å²) in [6.45, 7) is 4.67. The molecular weight excluding hydrogens is 739 g/mol. The Morgan fingerprint density at radius 1 is 0.344 bits per heavy atom. The number of fused-ring (bicyclic) bond motifs is 6. The van der Waals surface area contributed by atoms with Gasteiger partial charge in [-0.05, 0) is 107 Å². The lowest BCUT2D eigenvalue weighted by atomic mass is 9.81. The summed E-state index contributed by atoms with van der Waals surface area (Å²) in [7, 11) is 0. The van der Waals surface area contributed by atoms with Crippen LogP contribution in [0.3, 0.4) is 0 Å². The zero-order valence-corrected chi connectivity index (χ0v) is 33.9. The summed E-state index contributed by atoms with van der Waals surface area (Å²) in [5.41, 5.74) is 22.3. The Balaban J connectivity index is 0.929. The van der Waals surface area contributed by atoms with E-state index < -0.39 is 0 Å². The maximum atomic E-state index is 5.24. The van der Waals surface area contributed by atoms with E-state index >= 15 is 0 Å². The third-order valence-electron chi connectivity index (χ3n) is 13.0. The van der Waals surface area contributed by atoms with Crippen molar-refractivity contribution in [2.45, 2.75) is 19.3 Å². The molecule has 8 aromatic carbocycles. The molecule has 2 heterocycles. The fourth-order valence-electron chi connectivity index (χ4n) is 9.84. The lowest BCUT2D eigenvalue weighted by Crippen LogP contribution is -2.14. The first kappa shape index (κ1) is 35.2. The van der Waals surface area contributed by atoms with Crippen molar-refractivity contribution >= 4 is 10.8 Å². The van der Waals surface area contributed by atoms with Crippen LogP contribution in [-0.4, -0.2) is 15.0 Å². The van der Waals surface area contributed by atoms with Crippen LogP contribution in [0.2, 0.25) is 0 Å². The van der Waals surface area contributed by atoms with E-state index in [2.05, 4.69) is 201 Å². The van der Waals surface area contributed by atoms with Crippen molar-refractivity contribution in [1.29, 1.82) is 0 Å². The van der Waals surface area contributed by atoms with E-state index in [9.17, 15) is 0 Å². The van der Waals surface area contributed by atoms with E-state index in [-0.39, 0.29) is 5.41 Å². The van der Waals surface area contributed by atoms with Crippen molar-refractivity contribution < 1.29 is 0 Å². The zero-order chi connectivity index (χ0) is 40.7. The van der Waals surface area contributed by atoms with Gasteiger partial charge in [-0.15, -0.1) is 0 Å². The van der Waals surface area contributed by atoms with Gasteiger partial charge in [0, 0.05) is 40.1 Å². The standard InChI is InChI=1S/C58H39N3/c1-58(2)52-18-6-5-15-47(52)48-28-27-41(33-53(48)58)36-19-23-38(24-20-36)54-34-55(61-57(60-54)42-11-7-10-40(32-42)43-12-9-31-59-35-43)39-25-21-37(22-26-39)44-29-30-51-46-14-4-3-13-45(46)50-17-8-16-49(44)56(50)51/h3-35H,1-2H3. The molecular formula is C58H39N3. The van der Waals surface area contributed by atoms with Gasteiger partial charge in [-0.3, -0.25) is 4.98 Å². The first-order valence-electron chi connectivity index (χ1n) is 21.0. The summed E-state index contributed by atoms with van der Waals surface area (Å²) in [5, 5.41) is 2.61. The number of aromatic nitrogens is 3. The summed E-state index contributed by atoms with van der Waals surface area (Å²) in [6.07, 6.45) is 3.70. The smallest absolute Gasteiger partial charge is 0.160 e. The van der Waals surface area contributed by atoms with E-state index in [1.807, 2.05) is 12.3 Å². The predicted molar refractivity (Wildman–Crippen MR) is 252 cm³/mol. The van der Waals surface area contributed by atoms with Crippen molar-refractivity contribution in [3.8, 4) is 101 Å². The van der Waals surface area contributed by atoms with Crippen LogP contribution in [0.25, 0.3) is 111 Å². The zero-order valence-electron chi connectivity index (χ0n) is 33.9. The average molecular weight is 778 g/mol. The second-order valence-corrected chi connectivity index (χ2v) is 16.8. The van der Waals surface area contributed by atoms with Gasteiger partial charge in [-0.2, -0.15) is 0 Å². The van der Waals surface area contributed by atoms with Crippen LogP contribution in [0.5, 0.6) is 0 Å². The van der Waals surface area contributed by atoms with Crippen molar-refractivity contribution in [3.05, 3.63) is 212 Å². The minimum Gasteiger partial charge on any atom is -0.264 e. The molecule has 2 aliphatic rings. The van der Waals surface area contributed by atoms with Gasteiger partial charge in [0.05, 0.1) is 11.4 Å². The molecule has 0 amide bonds. The Morgan fingerprint density at radius 2 is 0.885 bits per heavy atom. The van der Waals surface area contributed by atoms with Crippen molar-refractivity contribution in [1.82, 2.24) is 15.0 Å². The van der Waals surface area contributed by atoms with Gasteiger partial charge < -0.3 is 0 Å². The van der Waals surface area contributed by atoms with Gasteiger partial charge in [0.25, 0.3) is 0 Å². The molecule has 3 nitrogen and oxygen atoms in total. The fourth-order valence-corrected chi connectivity index (χ4v) is 9.84. The van der Waals surface area contributed by atoms with Crippen LogP contribution >= 0.6 is 0 Å². The molecule has 0 atom stereocenters. The first-order chi connectivity index (χ1) is 30.0. The lowest BCUT2D eigenvalue weighted by Gasteiger charge is -2.22. The molecule has 0 bridgehead atoms. The van der Waals surface area contributed by atoms with Crippen LogP contribution in [0.4, 0.5) is 0 Å². The Labute approximate surface area is 355 Å². The van der Waals surface area contributed by atoms with Gasteiger partial charge in [0.2, 0.25) is 0 Å². The molecule has 3 heteroatoms. The summed E-state index contributed by atoms with van der Waals surface area (Å²) >= 11 is 0. The molecule has 0 radical (unpaired) electrons. The fraction of sp³-hybridized carbons (Fsp3) is 0.0517. The first-order valence-corrected chi connectivity index (χ1v) is 21.0. The molecule has 0 saturated carbocycles. The maximum Gasteiger partial charge on any atom is 0.160 e. The number of hydrogen-bond donors (Lipinski definition) is 0. The molecule has 0 N–H and O–H groups in total. The van der Waals surface area contributed by atoms with E-state index in [1.165, 1.54) is 77.5 Å². The minimum absolute atomic E-state index is 0.0513. The monoisotopic (exact) mass is 777 g/mol. The van der Waals surface area contributed by atoms with Crippen molar-refractivity contribution in [3.63, 3.8) is 0 Å². The van der Waals surface area contributed by atoms with E-state index in [1.54, 1.807) is 6.20 Å². The topological polar surface area (TPSA) is 38.7 Å². The second kappa shape index (κ2) is 13.7. The Hall–Kier alpha value is -7.75. The highest BCUT2D eigenvalue weighted by Crippen LogP contribution is 2.51. The van der Waals surface area contributed by atoms with Gasteiger partial charge in [0.15, 0.2) is 5.82 Å². The molecule has 0 unspecified atom stereocenters. The molecule has 0 fully saturated rings. The Morgan fingerprint density at radius 3 is 1.62 bits per heavy atom. The van der Waals surface area contributed by atoms with Crippen LogP contribution in [0, 0.1) is 0 Å². The number of hydrogen-bond acceptors (Lipinski definition) is 3. The molecule has 0 aliphatic heterocycles. The van der Waals surface area contributed by atoms with Crippen LogP contribution in [0.1, 0.15) is 25.0 Å². The third kappa shape index (κ3) is 5.69. The van der Waals surface area contributed by atoms with Gasteiger partial charge in [-0.25, -0.2) is 9.97 Å². The highest BCUT2D eigenvalue weighted by molar-refractivity contribution is 6.18. The quantitative estimate of drug-likeness (QED) is 0.169. The van der Waals surface area contributed by atoms with E-state index in [0.29, 0.717) is 5.82 Å². The summed E-state index contributed by atoms with van der Waals surface area (Å²) < 4.78 is 0. The summed E-state index contributed by atoms with van der Waals surface area (Å²) in [6, 6.07) is 68.1. The average Bonchev–Trinajstić information content (AvgIpc) is 3.78. The number of benzene rings is 8. The molecule has 12 rings (SSSR count). The van der Waals surface area contributed by atoms with Crippen molar-refractivity contribution in [2.24, 2.45) is 0 Å². The van der Waals surface area contributed by atoms with Crippen molar-refractivity contribution in [2.75, 3.05) is 0 Å². The SMILES string of the molecule is CC1(C)c2ccccc2-c2ccc(-c3ccc(-c4cc(-c5ccc(-c6ccc7c8c(cccc68)-c6ccccc6-7)cc5)nc(-c5cccc(-c6cccnc6)c5)n4)cc3)cc21. The highest BCUT2D eigenvalue weighted by Gasteiger charge is 2.35. The normalized spacial score (nSPS) is 12.9. The second-order valence-electron chi connectivity index (χ2n) is 16.8. The molecule has 2 aliphatic carbocycles. The molecule has 2 aromatic heterocycles. The number of rotatable bonds is 6. The molecule has 61 heavy (non-hydrogen) atoms. The highest BCUT2D eigenvalue weighted by atomic mass is 14.9. The van der Waals surface area contributed by atoms with E-state index in [4.69, 9.17) is 9.97 Å². The molecule has 0 saturated heterocycles. The van der Waals surface area contributed by atoms with Crippen LogP contribution in [-0.2, 0) is 5.41 Å². The number of nitrogens with zero attached hydrogens (tertiary/aromatic N) is 3. The maximum absolute atomic E-state index is 5.24. The third-order valence-corrected chi connectivity index (χ3v) is 13.0. The van der Waals surface area contributed by atoms with Gasteiger partial charge in [-0.1, -0.05) is 178 Å². The number of pyridine rings is 1. The Kier molecular flexibility index (Phi) is 7.88. The van der Waals surface area contributed by atoms with Crippen LogP contribution in [0.15, 0.2) is 200 Å². The molecule has 10 aromatic rings. The lowest BCUT2D eigenvalue weighted by molar-refractivity contribution is 0.660. The Bertz CT molecular complexity index is 3330. The van der Waals surface area contributed by atoms with E-state index in [0.717, 1.165) is 39.2 Å². The molecule has 286 valence electrons. The van der Waals surface area contributed by atoms with Gasteiger partial charge >= 0.3 is 0 Å². The van der Waals surface area contributed by atoms with Crippen LogP contribution < -0.4 is 0 Å². The van der Waals surface area contributed by atoms with Gasteiger partial charge in [0.1, 0.15) is 0 Å².